The number of hydrogen-bond acceptors (Lipinski definition) is 4. The van der Waals surface area contributed by atoms with Crippen molar-refractivity contribution in [2.75, 3.05) is 7.11 Å². The number of carbonyl (C=O) groups is 1. The highest BCUT2D eigenvalue weighted by Crippen LogP contribution is 2.69. The van der Waals surface area contributed by atoms with Gasteiger partial charge in [0, 0.05) is 24.2 Å². The van der Waals surface area contributed by atoms with Crippen molar-refractivity contribution in [2.24, 2.45) is 4.99 Å². The smallest absolute Gasteiger partial charge is 0.333 e. The molecule has 170 valence electrons. The average Bonchev–Trinajstić information content (AvgIpc) is 3.31. The first-order chi connectivity index (χ1) is 14.8. The Kier molecular flexibility index (Phi) is 6.30. The van der Waals surface area contributed by atoms with Gasteiger partial charge in [0.05, 0.1) is 19.5 Å². The van der Waals surface area contributed by atoms with Crippen LogP contribution in [0.1, 0.15) is 65.0 Å². The van der Waals surface area contributed by atoms with Crippen LogP contribution in [-0.4, -0.2) is 63.6 Å². The quantitative estimate of drug-likeness (QED) is 0.491. The summed E-state index contributed by atoms with van der Waals surface area (Å²) in [6, 6.07) is 9.36. The van der Waals surface area contributed by atoms with Crippen LogP contribution in [0.3, 0.4) is 0 Å². The molecule has 0 aromatic heterocycles. The van der Waals surface area contributed by atoms with Crippen LogP contribution in [0.2, 0.25) is 0 Å². The maximum absolute atomic E-state index is 15.3. The van der Waals surface area contributed by atoms with Gasteiger partial charge in [-0.05, 0) is 46.1 Å². The van der Waals surface area contributed by atoms with Crippen molar-refractivity contribution in [3.63, 3.8) is 0 Å². The van der Waals surface area contributed by atoms with Crippen LogP contribution < -0.4 is 0 Å². The summed E-state index contributed by atoms with van der Waals surface area (Å²) in [5.41, 5.74) is 0.924. The van der Waals surface area contributed by atoms with Crippen molar-refractivity contribution in [3.8, 4) is 0 Å². The van der Waals surface area contributed by atoms with Gasteiger partial charge in [-0.15, -0.1) is 0 Å². The fourth-order valence-corrected chi connectivity index (χ4v) is 9.79. The van der Waals surface area contributed by atoms with Gasteiger partial charge < -0.3 is 4.74 Å². The topological polar surface area (TPSA) is 65.5 Å². The second kappa shape index (κ2) is 8.68. The summed E-state index contributed by atoms with van der Waals surface area (Å²) in [7, 11) is -1.84. The number of hydrogen-bond donors (Lipinski definition) is 0. The van der Waals surface area contributed by atoms with Crippen molar-refractivity contribution in [3.05, 3.63) is 35.9 Å². The number of nitrogens with zero attached hydrogens (tertiary/aromatic N) is 4. The van der Waals surface area contributed by atoms with Gasteiger partial charge in [0.15, 0.2) is 6.04 Å². The predicted molar refractivity (Wildman–Crippen MR) is 123 cm³/mol. The number of ether oxygens (including phenoxy) is 1. The molecule has 0 spiro atoms. The Morgan fingerprint density at radius 2 is 1.58 bits per heavy atom. The molecule has 0 radical (unpaired) electrons. The van der Waals surface area contributed by atoms with Crippen LogP contribution in [0.15, 0.2) is 35.3 Å². The SMILES string of the molecule is COC(=O)[C@@H]1N=CN(P2(=O)N(C(C)C)[C@@H]3CCCC[C@H]3N2C(C)C)[C@H]1c1ccccc1. The number of fused-ring (bicyclic) bond motifs is 1. The third-order valence-electron chi connectivity index (χ3n) is 6.85. The van der Waals surface area contributed by atoms with Crippen molar-refractivity contribution in [1.29, 1.82) is 0 Å². The lowest BCUT2D eigenvalue weighted by Gasteiger charge is -2.43. The normalized spacial score (nSPS) is 30.9. The van der Waals surface area contributed by atoms with Gasteiger partial charge in [-0.2, -0.15) is 0 Å². The molecule has 8 heteroatoms. The van der Waals surface area contributed by atoms with E-state index in [-0.39, 0.29) is 24.2 Å². The van der Waals surface area contributed by atoms with Crippen molar-refractivity contribution >= 4 is 19.9 Å². The Hall–Kier alpha value is -1.69. The first-order valence-corrected chi connectivity index (χ1v) is 13.0. The Labute approximate surface area is 186 Å². The second-order valence-corrected chi connectivity index (χ2v) is 11.8. The van der Waals surface area contributed by atoms with Gasteiger partial charge in [-0.3, -0.25) is 14.2 Å². The molecule has 31 heavy (non-hydrogen) atoms. The molecule has 2 fully saturated rings. The summed E-state index contributed by atoms with van der Waals surface area (Å²) >= 11 is 0. The van der Waals surface area contributed by atoms with E-state index in [0.717, 1.165) is 31.2 Å². The molecule has 1 saturated heterocycles. The van der Waals surface area contributed by atoms with E-state index in [9.17, 15) is 4.79 Å². The first kappa shape index (κ1) is 22.5. The van der Waals surface area contributed by atoms with E-state index in [0.29, 0.717) is 0 Å². The fraction of sp³-hybridized carbons (Fsp3) is 0.652. The molecule has 0 N–H and O–H groups in total. The standard InChI is InChI=1S/C23H35N4O3P/c1-16(2)26-19-13-9-10-14-20(19)27(17(3)4)31(26,29)25-15-24-21(23(28)30-5)22(25)18-11-7-6-8-12-18/h6-8,11-12,15-17,19-22H,9-10,13-14H2,1-5H3/t19-,20-,21-,22+/m1/s1. The number of benzene rings is 1. The summed E-state index contributed by atoms with van der Waals surface area (Å²) in [5.74, 6) is -0.400. The van der Waals surface area contributed by atoms with Gasteiger partial charge in [0.2, 0.25) is 0 Å². The van der Waals surface area contributed by atoms with E-state index in [1.54, 1.807) is 6.34 Å². The van der Waals surface area contributed by atoms with E-state index in [2.05, 4.69) is 42.0 Å². The molecular formula is C23H35N4O3P. The molecule has 2 heterocycles. The van der Waals surface area contributed by atoms with E-state index < -0.39 is 25.6 Å². The van der Waals surface area contributed by atoms with Crippen LogP contribution in [0.4, 0.5) is 0 Å². The fourth-order valence-electron chi connectivity index (χ4n) is 5.78. The largest absolute Gasteiger partial charge is 0.467 e. The van der Waals surface area contributed by atoms with E-state index in [1.807, 2.05) is 35.0 Å². The molecular weight excluding hydrogens is 411 g/mol. The zero-order valence-electron chi connectivity index (χ0n) is 19.2. The monoisotopic (exact) mass is 446 g/mol. The Balaban J connectivity index is 1.86. The van der Waals surface area contributed by atoms with Crippen molar-refractivity contribution in [2.45, 2.75) is 89.6 Å². The molecule has 1 aliphatic carbocycles. The summed E-state index contributed by atoms with van der Waals surface area (Å²) in [5, 5.41) is 0. The zero-order chi connectivity index (χ0) is 22.3. The van der Waals surface area contributed by atoms with Gasteiger partial charge in [0.1, 0.15) is 0 Å². The highest BCUT2D eigenvalue weighted by atomic mass is 31.2. The van der Waals surface area contributed by atoms with Crippen molar-refractivity contribution < 1.29 is 14.1 Å². The Bertz CT molecular complexity index is 847. The molecule has 7 nitrogen and oxygen atoms in total. The Morgan fingerprint density at radius 1 is 1.03 bits per heavy atom. The van der Waals surface area contributed by atoms with E-state index >= 15 is 4.57 Å². The molecule has 0 unspecified atom stereocenters. The summed E-state index contributed by atoms with van der Waals surface area (Å²) in [4.78, 5) is 17.2. The maximum atomic E-state index is 15.3. The number of carbonyl (C=O) groups excluding carboxylic acids is 1. The molecule has 2 aliphatic heterocycles. The van der Waals surface area contributed by atoms with Crippen LogP contribution >= 0.6 is 7.59 Å². The number of aliphatic imine (C=N–C) groups is 1. The predicted octanol–water partition coefficient (Wildman–Crippen LogP) is 4.47. The maximum Gasteiger partial charge on any atom is 0.333 e. The van der Waals surface area contributed by atoms with Crippen LogP contribution in [0.25, 0.3) is 0 Å². The molecule has 1 saturated carbocycles. The lowest BCUT2D eigenvalue weighted by Crippen LogP contribution is -2.43. The number of methoxy groups -OCH3 is 1. The van der Waals surface area contributed by atoms with Gasteiger partial charge in [-0.25, -0.2) is 14.1 Å². The number of esters is 1. The molecule has 0 bridgehead atoms. The van der Waals surface area contributed by atoms with E-state index in [1.165, 1.54) is 7.11 Å². The van der Waals surface area contributed by atoms with Crippen LogP contribution in [0.5, 0.6) is 0 Å². The average molecular weight is 447 g/mol. The summed E-state index contributed by atoms with van der Waals surface area (Å²) in [6.07, 6.45) is 6.09. The van der Waals surface area contributed by atoms with E-state index in [4.69, 9.17) is 4.74 Å². The minimum absolute atomic E-state index is 0.113. The van der Waals surface area contributed by atoms with Gasteiger partial charge in [-0.1, -0.05) is 43.2 Å². The molecule has 0 amide bonds. The lowest BCUT2D eigenvalue weighted by atomic mass is 9.89. The molecule has 4 atom stereocenters. The van der Waals surface area contributed by atoms with Gasteiger partial charge >= 0.3 is 13.6 Å². The molecule has 1 aromatic rings. The van der Waals surface area contributed by atoms with Crippen molar-refractivity contribution in [1.82, 2.24) is 14.0 Å². The van der Waals surface area contributed by atoms with Gasteiger partial charge in [0.25, 0.3) is 0 Å². The summed E-state index contributed by atoms with van der Waals surface area (Å²) in [6.45, 7) is 8.52. The van der Waals surface area contributed by atoms with Crippen LogP contribution in [-0.2, 0) is 14.1 Å². The minimum Gasteiger partial charge on any atom is -0.467 e. The highest BCUT2D eigenvalue weighted by molar-refractivity contribution is 7.57. The lowest BCUT2D eigenvalue weighted by molar-refractivity contribution is -0.142. The third-order valence-corrected chi connectivity index (χ3v) is 10.5. The minimum atomic E-state index is -3.22. The highest BCUT2D eigenvalue weighted by Gasteiger charge is 2.62. The summed E-state index contributed by atoms with van der Waals surface area (Å²) < 4.78 is 26.8. The third kappa shape index (κ3) is 3.55. The Morgan fingerprint density at radius 3 is 2.06 bits per heavy atom. The molecule has 1 aromatic carbocycles. The molecule has 3 aliphatic rings. The second-order valence-electron chi connectivity index (χ2n) is 9.35. The molecule has 4 rings (SSSR count). The first-order valence-electron chi connectivity index (χ1n) is 11.4. The van der Waals surface area contributed by atoms with Crippen LogP contribution in [0, 0.1) is 0 Å². The number of rotatable bonds is 5. The zero-order valence-corrected chi connectivity index (χ0v) is 20.1.